The molecule has 0 heterocycles. The number of anilines is 1. The first kappa shape index (κ1) is 14.5. The summed E-state index contributed by atoms with van der Waals surface area (Å²) < 4.78 is 10.1. The van der Waals surface area contributed by atoms with Gasteiger partial charge in [-0.25, -0.2) is 0 Å². The molecule has 5 heteroatoms. The van der Waals surface area contributed by atoms with Gasteiger partial charge in [0.05, 0.1) is 0 Å². The predicted octanol–water partition coefficient (Wildman–Crippen LogP) is 1.27. The van der Waals surface area contributed by atoms with Crippen LogP contribution in [0.15, 0.2) is 24.3 Å². The minimum atomic E-state index is -0.531. The predicted molar refractivity (Wildman–Crippen MR) is 70.2 cm³/mol. The van der Waals surface area contributed by atoms with Gasteiger partial charge in [-0.3, -0.25) is 4.79 Å². The van der Waals surface area contributed by atoms with Crippen molar-refractivity contribution < 1.29 is 14.3 Å². The highest BCUT2D eigenvalue weighted by molar-refractivity contribution is 5.83. The van der Waals surface area contributed by atoms with Gasteiger partial charge < -0.3 is 20.5 Å². The number of aryl methyl sites for hydroxylation is 1. The first-order chi connectivity index (χ1) is 8.56. The topological polar surface area (TPSA) is 73.6 Å². The van der Waals surface area contributed by atoms with Crippen LogP contribution in [0.2, 0.25) is 0 Å². The fourth-order valence-electron chi connectivity index (χ4n) is 1.66. The van der Waals surface area contributed by atoms with Crippen molar-refractivity contribution in [3.05, 3.63) is 29.8 Å². The average Bonchev–Trinajstić information content (AvgIpc) is 2.34. The highest BCUT2D eigenvalue weighted by Crippen LogP contribution is 2.13. The average molecular weight is 252 g/mol. The largest absolute Gasteiger partial charge is 0.374 e. The SMILES string of the molecule is COC(CC(Nc1cccc(C)c1)C(N)=O)OC. The molecule has 0 aliphatic carbocycles. The molecule has 0 aliphatic heterocycles. The molecule has 1 aromatic rings. The lowest BCUT2D eigenvalue weighted by Gasteiger charge is -2.21. The molecule has 100 valence electrons. The molecule has 1 rings (SSSR count). The molecule has 3 N–H and O–H groups in total. The molecule has 1 amide bonds. The van der Waals surface area contributed by atoms with E-state index in [4.69, 9.17) is 15.2 Å². The summed E-state index contributed by atoms with van der Waals surface area (Å²) in [5.41, 5.74) is 7.33. The van der Waals surface area contributed by atoms with Crippen molar-refractivity contribution in [3.8, 4) is 0 Å². The molecule has 0 radical (unpaired) electrons. The van der Waals surface area contributed by atoms with E-state index in [1.165, 1.54) is 14.2 Å². The Morgan fingerprint density at radius 1 is 1.39 bits per heavy atom. The molecular formula is C13H20N2O3. The molecule has 0 spiro atoms. The molecule has 0 aliphatic rings. The van der Waals surface area contributed by atoms with E-state index in [1.807, 2.05) is 31.2 Å². The third-order valence-corrected chi connectivity index (χ3v) is 2.66. The fourth-order valence-corrected chi connectivity index (χ4v) is 1.66. The number of nitrogens with one attached hydrogen (secondary N) is 1. The number of methoxy groups -OCH3 is 2. The number of benzene rings is 1. The molecule has 0 saturated heterocycles. The zero-order valence-corrected chi connectivity index (χ0v) is 11.0. The highest BCUT2D eigenvalue weighted by Gasteiger charge is 2.20. The van der Waals surface area contributed by atoms with Crippen LogP contribution in [0, 0.1) is 6.92 Å². The Morgan fingerprint density at radius 2 is 2.06 bits per heavy atom. The number of hydrogen-bond acceptors (Lipinski definition) is 4. The molecule has 0 fully saturated rings. The van der Waals surface area contributed by atoms with E-state index in [9.17, 15) is 4.79 Å². The Hall–Kier alpha value is -1.59. The molecule has 18 heavy (non-hydrogen) atoms. The summed E-state index contributed by atoms with van der Waals surface area (Å²) >= 11 is 0. The number of nitrogens with two attached hydrogens (primary N) is 1. The van der Waals surface area contributed by atoms with E-state index in [-0.39, 0.29) is 0 Å². The van der Waals surface area contributed by atoms with Crippen LogP contribution in [0.1, 0.15) is 12.0 Å². The maximum Gasteiger partial charge on any atom is 0.240 e. The summed E-state index contributed by atoms with van der Waals surface area (Å²) in [6.07, 6.45) is -0.101. The highest BCUT2D eigenvalue weighted by atomic mass is 16.7. The lowest BCUT2D eigenvalue weighted by atomic mass is 10.1. The van der Waals surface area contributed by atoms with Gasteiger partial charge >= 0.3 is 0 Å². The standard InChI is InChI=1S/C13H20N2O3/c1-9-5-4-6-10(7-9)15-11(13(14)16)8-12(17-2)18-3/h4-7,11-12,15H,8H2,1-3H3,(H2,14,16). The number of rotatable bonds is 7. The van der Waals surface area contributed by atoms with Gasteiger partial charge in [0, 0.05) is 26.3 Å². The Kier molecular flexibility index (Phi) is 5.61. The lowest BCUT2D eigenvalue weighted by Crippen LogP contribution is -2.39. The number of carbonyl (C=O) groups excluding carboxylic acids is 1. The quantitative estimate of drug-likeness (QED) is 0.717. The van der Waals surface area contributed by atoms with Crippen LogP contribution in [-0.2, 0) is 14.3 Å². The van der Waals surface area contributed by atoms with Crippen LogP contribution in [0.25, 0.3) is 0 Å². The number of ether oxygens (including phenoxy) is 2. The van der Waals surface area contributed by atoms with E-state index in [0.29, 0.717) is 6.42 Å². The zero-order chi connectivity index (χ0) is 13.5. The first-order valence-corrected chi connectivity index (χ1v) is 5.75. The monoisotopic (exact) mass is 252 g/mol. The maximum atomic E-state index is 11.4. The van der Waals surface area contributed by atoms with Crippen molar-refractivity contribution in [1.82, 2.24) is 0 Å². The minimum absolute atomic E-state index is 0.357. The Morgan fingerprint density at radius 3 is 2.56 bits per heavy atom. The van der Waals surface area contributed by atoms with Crippen LogP contribution in [0.4, 0.5) is 5.69 Å². The Balaban J connectivity index is 2.71. The van der Waals surface area contributed by atoms with Gasteiger partial charge in [-0.2, -0.15) is 0 Å². The van der Waals surface area contributed by atoms with E-state index in [2.05, 4.69) is 5.32 Å². The Bertz CT molecular complexity index is 392. The Labute approximate surface area is 107 Å². The molecule has 0 bridgehead atoms. The fraction of sp³-hybridized carbons (Fsp3) is 0.462. The summed E-state index contributed by atoms with van der Waals surface area (Å²) in [5, 5.41) is 3.08. The third kappa shape index (κ3) is 4.35. The second-order valence-corrected chi connectivity index (χ2v) is 4.11. The summed E-state index contributed by atoms with van der Waals surface area (Å²) in [6, 6.07) is 7.20. The van der Waals surface area contributed by atoms with E-state index < -0.39 is 18.2 Å². The van der Waals surface area contributed by atoms with Crippen molar-refractivity contribution in [2.24, 2.45) is 5.73 Å². The molecule has 1 unspecified atom stereocenters. The lowest BCUT2D eigenvalue weighted by molar-refractivity contribution is -0.127. The van der Waals surface area contributed by atoms with Crippen LogP contribution in [0.5, 0.6) is 0 Å². The van der Waals surface area contributed by atoms with Gasteiger partial charge in [-0.1, -0.05) is 12.1 Å². The molecule has 0 aromatic heterocycles. The summed E-state index contributed by atoms with van der Waals surface area (Å²) in [6.45, 7) is 1.98. The van der Waals surface area contributed by atoms with Gasteiger partial charge in [-0.15, -0.1) is 0 Å². The zero-order valence-electron chi connectivity index (χ0n) is 11.0. The van der Waals surface area contributed by atoms with Gasteiger partial charge in [-0.05, 0) is 24.6 Å². The van der Waals surface area contributed by atoms with E-state index in [1.54, 1.807) is 0 Å². The molecule has 1 atom stereocenters. The molecular weight excluding hydrogens is 232 g/mol. The number of primary amides is 1. The second kappa shape index (κ2) is 6.98. The summed E-state index contributed by atoms with van der Waals surface area (Å²) in [4.78, 5) is 11.4. The number of carbonyl (C=O) groups is 1. The summed E-state index contributed by atoms with van der Waals surface area (Å²) in [5.74, 6) is -0.435. The van der Waals surface area contributed by atoms with E-state index >= 15 is 0 Å². The first-order valence-electron chi connectivity index (χ1n) is 5.75. The molecule has 0 saturated carbocycles. The van der Waals surface area contributed by atoms with Crippen LogP contribution in [-0.4, -0.2) is 32.5 Å². The normalized spacial score (nSPS) is 12.4. The van der Waals surface area contributed by atoms with Crippen LogP contribution in [0.3, 0.4) is 0 Å². The van der Waals surface area contributed by atoms with Crippen LogP contribution >= 0.6 is 0 Å². The van der Waals surface area contributed by atoms with Gasteiger partial charge in [0.25, 0.3) is 0 Å². The molecule has 5 nitrogen and oxygen atoms in total. The van der Waals surface area contributed by atoms with Crippen molar-refractivity contribution in [1.29, 1.82) is 0 Å². The van der Waals surface area contributed by atoms with Gasteiger partial charge in [0.1, 0.15) is 6.04 Å². The van der Waals surface area contributed by atoms with Crippen molar-refractivity contribution >= 4 is 11.6 Å². The number of amides is 1. The third-order valence-electron chi connectivity index (χ3n) is 2.66. The second-order valence-electron chi connectivity index (χ2n) is 4.11. The van der Waals surface area contributed by atoms with Gasteiger partial charge in [0.2, 0.25) is 5.91 Å². The van der Waals surface area contributed by atoms with Gasteiger partial charge in [0.15, 0.2) is 6.29 Å². The minimum Gasteiger partial charge on any atom is -0.374 e. The van der Waals surface area contributed by atoms with Crippen molar-refractivity contribution in [3.63, 3.8) is 0 Å². The smallest absolute Gasteiger partial charge is 0.240 e. The molecule has 1 aromatic carbocycles. The van der Waals surface area contributed by atoms with Crippen molar-refractivity contribution in [2.45, 2.75) is 25.7 Å². The van der Waals surface area contributed by atoms with E-state index in [0.717, 1.165) is 11.3 Å². The summed E-state index contributed by atoms with van der Waals surface area (Å²) in [7, 11) is 3.05. The maximum absolute atomic E-state index is 11.4. The van der Waals surface area contributed by atoms with Crippen LogP contribution < -0.4 is 11.1 Å². The van der Waals surface area contributed by atoms with Crippen molar-refractivity contribution in [2.75, 3.05) is 19.5 Å². The number of hydrogen-bond donors (Lipinski definition) is 2.